The van der Waals surface area contributed by atoms with Gasteiger partial charge in [0.15, 0.2) is 0 Å². The molecule has 3 aromatic heterocycles. The van der Waals surface area contributed by atoms with E-state index in [0.717, 1.165) is 48.1 Å². The first-order valence-corrected chi connectivity index (χ1v) is 19.7. The Morgan fingerprint density at radius 2 is 1.44 bits per heavy atom. The van der Waals surface area contributed by atoms with Crippen LogP contribution in [0.4, 0.5) is 0 Å². The summed E-state index contributed by atoms with van der Waals surface area (Å²) in [5, 5.41) is 3.66. The molecule has 5 aromatic carbocycles. The molecule has 48 heavy (non-hydrogen) atoms. The number of hydrogen-bond donors (Lipinski definition) is 0. The van der Waals surface area contributed by atoms with Gasteiger partial charge in [-0.2, -0.15) is 11.3 Å². The first kappa shape index (κ1) is 27.4. The van der Waals surface area contributed by atoms with Crippen molar-refractivity contribution >= 4 is 44.8 Å². The van der Waals surface area contributed by atoms with Crippen LogP contribution < -0.4 is 5.19 Å². The summed E-state index contributed by atoms with van der Waals surface area (Å²) in [6.45, 7) is 7.00. The summed E-state index contributed by atoms with van der Waals surface area (Å²) in [6.07, 6.45) is 3.63. The summed E-state index contributed by atoms with van der Waals surface area (Å²) in [7, 11) is -1.23. The van der Waals surface area contributed by atoms with Gasteiger partial charge in [-0.1, -0.05) is 116 Å². The molecule has 8 rings (SSSR count). The number of thiophene rings is 1. The minimum absolute atomic E-state index is 0. The fourth-order valence-electron chi connectivity index (χ4n) is 5.41. The summed E-state index contributed by atoms with van der Waals surface area (Å²) >= 11 is 1.68. The molecule has 3 heterocycles. The Labute approximate surface area is 308 Å². The first-order chi connectivity index (χ1) is 25.0. The van der Waals surface area contributed by atoms with Crippen LogP contribution in [0.5, 0.6) is 0 Å². The fourth-order valence-corrected chi connectivity index (χ4v) is 7.69. The number of nitrogens with zero attached hydrogens (tertiary/aromatic N) is 2. The van der Waals surface area contributed by atoms with E-state index in [4.69, 9.17) is 6.85 Å². The van der Waals surface area contributed by atoms with Gasteiger partial charge >= 0.3 is 0 Å². The SMILES string of the molecule is C[Si](C)(C)c1ccc(-c2[c-]cccc2)nc1.[2H]c1c([2H])c([2H])c(-c2ccnc(-c3[c-]ccc4c3sc3cc(-c5ccccc5)ccc34)c2)c([2H])c1[2H].[Ir]. The van der Waals surface area contributed by atoms with E-state index < -0.39 is 14.1 Å². The molecule has 0 unspecified atom stereocenters. The number of hydrogen-bond acceptors (Lipinski definition) is 3. The Kier molecular flexibility index (Phi) is 8.41. The molecule has 5 heteroatoms. The van der Waals surface area contributed by atoms with E-state index in [9.17, 15) is 0 Å². The van der Waals surface area contributed by atoms with Crippen molar-refractivity contribution in [2.75, 3.05) is 0 Å². The molecule has 0 fully saturated rings. The molecule has 237 valence electrons. The topological polar surface area (TPSA) is 25.8 Å². The first-order valence-electron chi connectivity index (χ1n) is 17.9. The molecule has 0 saturated carbocycles. The minimum Gasteiger partial charge on any atom is -0.305 e. The van der Waals surface area contributed by atoms with E-state index in [1.165, 1.54) is 5.19 Å². The molecule has 0 N–H and O–H groups in total. The molecule has 2 nitrogen and oxygen atoms in total. The van der Waals surface area contributed by atoms with Gasteiger partial charge in [0.2, 0.25) is 0 Å². The zero-order chi connectivity index (χ0) is 36.6. The largest absolute Gasteiger partial charge is 0.305 e. The van der Waals surface area contributed by atoms with Gasteiger partial charge in [-0.25, -0.2) is 0 Å². The number of fused-ring (bicyclic) bond motifs is 3. The number of benzene rings is 5. The third-order valence-corrected chi connectivity index (χ3v) is 11.2. The van der Waals surface area contributed by atoms with Crippen molar-refractivity contribution in [2.24, 2.45) is 0 Å². The molecule has 0 aliphatic carbocycles. The fraction of sp³-hybridized carbons (Fsp3) is 0.0698. The van der Waals surface area contributed by atoms with Crippen molar-refractivity contribution in [1.29, 1.82) is 0 Å². The normalized spacial score (nSPS) is 12.5. The Bertz CT molecular complexity index is 2530. The van der Waals surface area contributed by atoms with Crippen LogP contribution in [0.2, 0.25) is 19.6 Å². The molecule has 1 radical (unpaired) electrons. The van der Waals surface area contributed by atoms with Crippen molar-refractivity contribution < 1.29 is 27.0 Å². The van der Waals surface area contributed by atoms with Gasteiger partial charge in [0.05, 0.1) is 14.9 Å². The predicted octanol–water partition coefficient (Wildman–Crippen LogP) is 11.3. The van der Waals surface area contributed by atoms with Crippen molar-refractivity contribution in [3.8, 4) is 44.8 Å². The second-order valence-electron chi connectivity index (χ2n) is 12.2. The van der Waals surface area contributed by atoms with E-state index in [-0.39, 0.29) is 49.8 Å². The summed E-state index contributed by atoms with van der Waals surface area (Å²) in [5.41, 5.74) is 6.53. The van der Waals surface area contributed by atoms with Crippen LogP contribution in [-0.2, 0) is 20.1 Å². The molecule has 8 aromatic rings. The Morgan fingerprint density at radius 3 is 2.17 bits per heavy atom. The van der Waals surface area contributed by atoms with Gasteiger partial charge in [0.25, 0.3) is 0 Å². The zero-order valence-electron chi connectivity index (χ0n) is 31.7. The third-order valence-electron chi connectivity index (χ3n) is 7.96. The van der Waals surface area contributed by atoms with Crippen LogP contribution in [0.15, 0.2) is 152 Å². The monoisotopic (exact) mass is 836 g/mol. The maximum absolute atomic E-state index is 8.34. The average molecular weight is 836 g/mol. The molecule has 0 saturated heterocycles. The minimum atomic E-state index is -1.23. The summed E-state index contributed by atoms with van der Waals surface area (Å²) in [4.78, 5) is 9.08. The second-order valence-corrected chi connectivity index (χ2v) is 18.3. The summed E-state index contributed by atoms with van der Waals surface area (Å²) in [5.74, 6) is 0. The van der Waals surface area contributed by atoms with Gasteiger partial charge in [-0.3, -0.25) is 0 Å². The van der Waals surface area contributed by atoms with Crippen molar-refractivity contribution in [3.05, 3.63) is 164 Å². The quantitative estimate of drug-likeness (QED) is 0.127. The molecule has 0 aliphatic rings. The van der Waals surface area contributed by atoms with Crippen LogP contribution >= 0.6 is 11.3 Å². The van der Waals surface area contributed by atoms with Gasteiger partial charge in [-0.05, 0) is 61.0 Å². The number of rotatable bonds is 5. The summed E-state index contributed by atoms with van der Waals surface area (Å²) in [6, 6.07) is 41.4. The van der Waals surface area contributed by atoms with Crippen molar-refractivity contribution in [3.63, 3.8) is 0 Å². The molecule has 0 aliphatic heterocycles. The number of pyridine rings is 2. The van der Waals surface area contributed by atoms with Gasteiger partial charge in [0.1, 0.15) is 0 Å². The molecule has 0 bridgehead atoms. The molecular weight excluding hydrogens is 797 g/mol. The Hall–Kier alpha value is -4.51. The molecule has 0 amide bonds. The molecular formula is C43H34IrN2SSi-2. The number of aromatic nitrogens is 2. The van der Waals surface area contributed by atoms with E-state index in [1.54, 1.807) is 29.7 Å². The maximum atomic E-state index is 8.34. The molecule has 0 atom stereocenters. The van der Waals surface area contributed by atoms with Crippen molar-refractivity contribution in [1.82, 2.24) is 9.97 Å². The van der Waals surface area contributed by atoms with Gasteiger partial charge in [0, 0.05) is 37.2 Å². The molecule has 0 spiro atoms. The standard InChI is InChI=1S/C29H18NS.C14H16NSi.Ir/c1-3-8-20(9-4-1)22-14-15-24-25-12-7-13-26(29(25)31-28(24)19-22)27-18-23(16-17-30-27)21-10-5-2-6-11-21;1-16(2,3)13-9-10-14(15-11-13)12-7-5-4-6-8-12;/h1-12,14-19H;4-7,9-11H,1-3H3;/q2*-1;/i2D,5D,6D,10D,11D;;. The van der Waals surface area contributed by atoms with E-state index >= 15 is 0 Å². The zero-order valence-corrected chi connectivity index (χ0v) is 30.9. The van der Waals surface area contributed by atoms with Crippen LogP contribution in [0.25, 0.3) is 64.9 Å². The van der Waals surface area contributed by atoms with Gasteiger partial charge in [-0.15, -0.1) is 59.7 Å². The average Bonchev–Trinajstić information content (AvgIpc) is 3.55. The van der Waals surface area contributed by atoms with E-state index in [1.807, 2.05) is 54.7 Å². The maximum Gasteiger partial charge on any atom is 0.0795 e. The smallest absolute Gasteiger partial charge is 0.0795 e. The Balaban J connectivity index is 0.000000238. The van der Waals surface area contributed by atoms with E-state index in [2.05, 4.69) is 90.3 Å². The van der Waals surface area contributed by atoms with Crippen LogP contribution in [0.1, 0.15) is 6.85 Å². The Morgan fingerprint density at radius 1 is 0.646 bits per heavy atom. The second kappa shape index (κ2) is 14.7. The van der Waals surface area contributed by atoms with E-state index in [0.29, 0.717) is 11.3 Å². The van der Waals surface area contributed by atoms with Crippen LogP contribution in [-0.4, -0.2) is 18.0 Å². The van der Waals surface area contributed by atoms with Crippen LogP contribution in [0.3, 0.4) is 0 Å². The third kappa shape index (κ3) is 7.30. The van der Waals surface area contributed by atoms with Gasteiger partial charge < -0.3 is 9.97 Å². The van der Waals surface area contributed by atoms with Crippen molar-refractivity contribution in [2.45, 2.75) is 19.6 Å². The van der Waals surface area contributed by atoms with Crippen LogP contribution in [0, 0.1) is 12.1 Å². The summed E-state index contributed by atoms with van der Waals surface area (Å²) < 4.78 is 42.8. The predicted molar refractivity (Wildman–Crippen MR) is 204 cm³/mol.